The van der Waals surface area contributed by atoms with E-state index in [9.17, 15) is 5.26 Å². The first-order chi connectivity index (χ1) is 9.20. The molecule has 1 N–H and O–H groups in total. The molecule has 1 aliphatic heterocycles. The second-order valence-corrected chi connectivity index (χ2v) is 4.79. The minimum absolute atomic E-state index is 0.256. The monoisotopic (exact) mass is 261 g/mol. The molecule has 102 valence electrons. The molecule has 0 saturated carbocycles. The van der Waals surface area contributed by atoms with Gasteiger partial charge in [0.2, 0.25) is 6.79 Å². The molecule has 0 saturated heterocycles. The van der Waals surface area contributed by atoms with Gasteiger partial charge in [-0.15, -0.1) is 0 Å². The molecule has 2 rings (SSSR count). The third-order valence-corrected chi connectivity index (χ3v) is 2.99. The van der Waals surface area contributed by atoms with E-state index in [1.54, 1.807) is 0 Å². The number of nitrogens with zero attached hydrogens (tertiary/aromatic N) is 2. The van der Waals surface area contributed by atoms with Crippen molar-refractivity contribution >= 4 is 0 Å². The molecule has 0 bridgehead atoms. The van der Waals surface area contributed by atoms with Crippen LogP contribution in [0.25, 0.3) is 0 Å². The summed E-state index contributed by atoms with van der Waals surface area (Å²) in [6.07, 6.45) is 1.01. The van der Waals surface area contributed by atoms with Crippen molar-refractivity contribution in [3.8, 4) is 17.6 Å². The van der Waals surface area contributed by atoms with Gasteiger partial charge >= 0.3 is 0 Å². The lowest BCUT2D eigenvalue weighted by Gasteiger charge is -2.14. The van der Waals surface area contributed by atoms with E-state index >= 15 is 0 Å². The molecule has 1 aromatic carbocycles. The molecule has 1 heterocycles. The van der Waals surface area contributed by atoms with Crippen LogP contribution in [0.4, 0.5) is 0 Å². The highest BCUT2D eigenvalue weighted by molar-refractivity contribution is 5.46. The van der Waals surface area contributed by atoms with Gasteiger partial charge in [-0.2, -0.15) is 5.26 Å². The fourth-order valence-electron chi connectivity index (χ4n) is 1.97. The second-order valence-electron chi connectivity index (χ2n) is 4.79. The van der Waals surface area contributed by atoms with Gasteiger partial charge in [0.05, 0.1) is 6.07 Å². The van der Waals surface area contributed by atoms with Gasteiger partial charge in [0, 0.05) is 0 Å². The molecule has 0 radical (unpaired) electrons. The number of fused-ring (bicyclic) bond motifs is 1. The Labute approximate surface area is 113 Å². The van der Waals surface area contributed by atoms with Crippen molar-refractivity contribution in [1.82, 2.24) is 10.2 Å². The maximum atomic E-state index is 9.24. The highest BCUT2D eigenvalue weighted by atomic mass is 16.7. The van der Waals surface area contributed by atoms with E-state index in [4.69, 9.17) is 9.47 Å². The van der Waals surface area contributed by atoms with Crippen molar-refractivity contribution in [3.05, 3.63) is 23.8 Å². The van der Waals surface area contributed by atoms with E-state index in [0.717, 1.165) is 30.8 Å². The zero-order valence-electron chi connectivity index (χ0n) is 11.3. The Bertz CT molecular complexity index is 468. The number of ether oxygens (including phenoxy) is 2. The molecule has 1 unspecified atom stereocenters. The van der Waals surface area contributed by atoms with Crippen molar-refractivity contribution in [3.63, 3.8) is 0 Å². The van der Waals surface area contributed by atoms with Crippen LogP contribution in [0.2, 0.25) is 0 Å². The number of nitrogens with one attached hydrogen (secondary N) is 1. The lowest BCUT2D eigenvalue weighted by Crippen LogP contribution is -2.24. The molecule has 1 atom stereocenters. The average molecular weight is 261 g/mol. The van der Waals surface area contributed by atoms with Crippen molar-refractivity contribution < 1.29 is 9.47 Å². The first-order valence-electron chi connectivity index (χ1n) is 6.38. The van der Waals surface area contributed by atoms with Gasteiger partial charge in [0.1, 0.15) is 6.04 Å². The summed E-state index contributed by atoms with van der Waals surface area (Å²) in [5.74, 6) is 1.46. The number of hydrogen-bond acceptors (Lipinski definition) is 5. The van der Waals surface area contributed by atoms with Crippen LogP contribution in [-0.4, -0.2) is 38.9 Å². The molecule has 0 aromatic heterocycles. The maximum absolute atomic E-state index is 9.24. The average Bonchev–Trinajstić information content (AvgIpc) is 2.85. The second kappa shape index (κ2) is 6.41. The lowest BCUT2D eigenvalue weighted by atomic mass is 10.1. The smallest absolute Gasteiger partial charge is 0.231 e. The molecule has 1 aromatic rings. The summed E-state index contributed by atoms with van der Waals surface area (Å²) in [4.78, 5) is 2.13. The Kier molecular flexibility index (Phi) is 4.61. The SMILES string of the molecule is CN(C)CCCNC(C#N)c1ccc2c(c1)OCO2. The first-order valence-corrected chi connectivity index (χ1v) is 6.38. The molecule has 0 fully saturated rings. The number of benzene rings is 1. The molecule has 1 aliphatic rings. The number of rotatable bonds is 6. The van der Waals surface area contributed by atoms with Crippen LogP contribution >= 0.6 is 0 Å². The van der Waals surface area contributed by atoms with Gasteiger partial charge in [-0.3, -0.25) is 5.32 Å². The fraction of sp³-hybridized carbons (Fsp3) is 0.500. The van der Waals surface area contributed by atoms with E-state index in [0.29, 0.717) is 5.75 Å². The molecule has 5 nitrogen and oxygen atoms in total. The summed E-state index contributed by atoms with van der Waals surface area (Å²) in [5, 5.41) is 12.5. The fourth-order valence-corrected chi connectivity index (χ4v) is 1.97. The zero-order valence-corrected chi connectivity index (χ0v) is 11.3. The van der Waals surface area contributed by atoms with Gasteiger partial charge in [-0.05, 0) is 51.3 Å². The van der Waals surface area contributed by atoms with E-state index in [1.165, 1.54) is 0 Å². The Morgan fingerprint density at radius 2 is 2.16 bits per heavy atom. The predicted octanol–water partition coefficient (Wildman–Crippen LogP) is 1.52. The van der Waals surface area contributed by atoms with Crippen molar-refractivity contribution in [1.29, 1.82) is 5.26 Å². The molecule has 0 spiro atoms. The summed E-state index contributed by atoms with van der Waals surface area (Å²) < 4.78 is 10.6. The highest BCUT2D eigenvalue weighted by Gasteiger charge is 2.17. The molecule has 0 aliphatic carbocycles. The van der Waals surface area contributed by atoms with Crippen LogP contribution in [0.1, 0.15) is 18.0 Å². The predicted molar refractivity (Wildman–Crippen MR) is 72.1 cm³/mol. The third-order valence-electron chi connectivity index (χ3n) is 2.99. The van der Waals surface area contributed by atoms with Crippen LogP contribution in [0, 0.1) is 11.3 Å². The Morgan fingerprint density at radius 3 is 2.89 bits per heavy atom. The molecule has 0 amide bonds. The summed E-state index contributed by atoms with van der Waals surface area (Å²) in [6.45, 7) is 2.07. The molecular weight excluding hydrogens is 242 g/mol. The van der Waals surface area contributed by atoms with E-state index in [2.05, 4.69) is 16.3 Å². The van der Waals surface area contributed by atoms with Crippen molar-refractivity contribution in [2.24, 2.45) is 0 Å². The Hall–Kier alpha value is -1.77. The zero-order chi connectivity index (χ0) is 13.7. The van der Waals surface area contributed by atoms with Crippen LogP contribution < -0.4 is 14.8 Å². The van der Waals surface area contributed by atoms with Gasteiger partial charge < -0.3 is 14.4 Å². The van der Waals surface area contributed by atoms with Crippen molar-refractivity contribution in [2.45, 2.75) is 12.5 Å². The van der Waals surface area contributed by atoms with E-state index in [1.807, 2.05) is 32.3 Å². The van der Waals surface area contributed by atoms with Gasteiger partial charge in [0.15, 0.2) is 11.5 Å². The van der Waals surface area contributed by atoms with Gasteiger partial charge in [-0.25, -0.2) is 0 Å². The Balaban J connectivity index is 1.92. The summed E-state index contributed by atoms with van der Waals surface area (Å²) in [7, 11) is 4.08. The van der Waals surface area contributed by atoms with Gasteiger partial charge in [-0.1, -0.05) is 6.07 Å². The standard InChI is InChI=1S/C14H19N3O2/c1-17(2)7-3-6-16-12(9-15)11-4-5-13-14(8-11)19-10-18-13/h4-5,8,12,16H,3,6-7,10H2,1-2H3. The van der Waals surface area contributed by atoms with Crippen LogP contribution in [0.15, 0.2) is 18.2 Å². The minimum Gasteiger partial charge on any atom is -0.454 e. The van der Waals surface area contributed by atoms with E-state index < -0.39 is 0 Å². The van der Waals surface area contributed by atoms with Crippen LogP contribution in [0.5, 0.6) is 11.5 Å². The normalized spacial score (nSPS) is 14.4. The summed E-state index contributed by atoms with van der Waals surface area (Å²) in [5.41, 5.74) is 0.914. The molecular formula is C14H19N3O2. The number of hydrogen-bond donors (Lipinski definition) is 1. The van der Waals surface area contributed by atoms with Crippen LogP contribution in [0.3, 0.4) is 0 Å². The van der Waals surface area contributed by atoms with Crippen LogP contribution in [-0.2, 0) is 0 Å². The van der Waals surface area contributed by atoms with E-state index in [-0.39, 0.29) is 12.8 Å². The largest absolute Gasteiger partial charge is 0.454 e. The lowest BCUT2D eigenvalue weighted by molar-refractivity contribution is 0.174. The topological polar surface area (TPSA) is 57.5 Å². The minimum atomic E-state index is -0.309. The molecule has 5 heteroatoms. The van der Waals surface area contributed by atoms with Crippen molar-refractivity contribution in [2.75, 3.05) is 34.0 Å². The molecule has 19 heavy (non-hydrogen) atoms. The maximum Gasteiger partial charge on any atom is 0.231 e. The number of nitriles is 1. The summed E-state index contributed by atoms with van der Waals surface area (Å²) in [6, 6.07) is 7.59. The highest BCUT2D eigenvalue weighted by Crippen LogP contribution is 2.34. The quantitative estimate of drug-likeness (QED) is 0.787. The Morgan fingerprint density at radius 1 is 1.37 bits per heavy atom. The third kappa shape index (κ3) is 3.60. The van der Waals surface area contributed by atoms with Gasteiger partial charge in [0.25, 0.3) is 0 Å². The summed E-state index contributed by atoms with van der Waals surface area (Å²) >= 11 is 0. The first kappa shape index (κ1) is 13.7.